The van der Waals surface area contributed by atoms with Gasteiger partial charge in [0.1, 0.15) is 0 Å². The van der Waals surface area contributed by atoms with Crippen LogP contribution in [-0.2, 0) is 5.75 Å². The minimum Gasteiger partial charge on any atom is -0.335 e. The molecule has 2 aliphatic heterocycles. The van der Waals surface area contributed by atoms with Gasteiger partial charge in [0.25, 0.3) is 0 Å². The van der Waals surface area contributed by atoms with Gasteiger partial charge in [0.2, 0.25) is 0 Å². The normalized spacial score (nSPS) is 23.7. The van der Waals surface area contributed by atoms with Crippen LogP contribution < -0.4 is 5.32 Å². The summed E-state index contributed by atoms with van der Waals surface area (Å²) in [5, 5.41) is 4.56. The molecule has 0 aromatic heterocycles. The predicted molar refractivity (Wildman–Crippen MR) is 79.3 cm³/mol. The Morgan fingerprint density at radius 2 is 2.06 bits per heavy atom. The van der Waals surface area contributed by atoms with Gasteiger partial charge in [-0.25, -0.2) is 0 Å². The van der Waals surface area contributed by atoms with Crippen molar-refractivity contribution in [3.05, 3.63) is 29.8 Å². The molecule has 2 aliphatic rings. The summed E-state index contributed by atoms with van der Waals surface area (Å²) in [5.74, 6) is 1.04. The maximum atomic E-state index is 4.87. The Morgan fingerprint density at radius 1 is 1.28 bits per heavy atom. The number of rotatable bonds is 1. The zero-order chi connectivity index (χ0) is 12.4. The smallest absolute Gasteiger partial charge is 0.161 e. The molecular formula is C14H19N3S. The summed E-state index contributed by atoms with van der Waals surface area (Å²) in [6.45, 7) is 2.34. The lowest BCUT2D eigenvalue weighted by Gasteiger charge is -2.28. The zero-order valence-electron chi connectivity index (χ0n) is 10.7. The molecule has 0 amide bonds. The molecule has 1 saturated heterocycles. The first-order chi connectivity index (χ1) is 8.81. The molecule has 2 heterocycles. The van der Waals surface area contributed by atoms with Crippen LogP contribution in [0, 0.1) is 0 Å². The summed E-state index contributed by atoms with van der Waals surface area (Å²) in [6.07, 6.45) is 2.37. The van der Waals surface area contributed by atoms with Crippen LogP contribution >= 0.6 is 11.8 Å². The van der Waals surface area contributed by atoms with Crippen molar-refractivity contribution in [1.29, 1.82) is 0 Å². The molecule has 3 nitrogen and oxygen atoms in total. The van der Waals surface area contributed by atoms with Crippen molar-refractivity contribution in [3.63, 3.8) is 0 Å². The molecule has 0 atom stereocenters. The van der Waals surface area contributed by atoms with Crippen LogP contribution in [0.4, 0.5) is 5.69 Å². The number of hydrogen-bond donors (Lipinski definition) is 1. The van der Waals surface area contributed by atoms with E-state index in [1.54, 1.807) is 0 Å². The van der Waals surface area contributed by atoms with E-state index in [9.17, 15) is 0 Å². The largest absolute Gasteiger partial charge is 0.335 e. The van der Waals surface area contributed by atoms with Crippen LogP contribution in [0.3, 0.4) is 0 Å². The number of benzene rings is 1. The maximum Gasteiger partial charge on any atom is 0.161 e. The van der Waals surface area contributed by atoms with Crippen LogP contribution in [-0.4, -0.2) is 36.2 Å². The van der Waals surface area contributed by atoms with E-state index in [2.05, 4.69) is 41.5 Å². The number of nitrogens with zero attached hydrogens (tertiary/aromatic N) is 2. The lowest BCUT2D eigenvalue weighted by atomic mass is 10.1. The highest BCUT2D eigenvalue weighted by atomic mass is 32.2. The number of fused-ring (bicyclic) bond motifs is 1. The van der Waals surface area contributed by atoms with Gasteiger partial charge in [-0.15, -0.1) is 0 Å². The molecule has 1 N–H and O–H groups in total. The summed E-state index contributed by atoms with van der Waals surface area (Å²) < 4.78 is 0. The summed E-state index contributed by atoms with van der Waals surface area (Å²) in [6, 6.07) is 9.00. The predicted octanol–water partition coefficient (Wildman–Crippen LogP) is 2.80. The maximum absolute atomic E-state index is 4.87. The zero-order valence-corrected chi connectivity index (χ0v) is 11.5. The van der Waals surface area contributed by atoms with E-state index in [1.165, 1.54) is 37.2 Å². The number of piperidine rings is 1. The number of likely N-dealkylation sites (tertiary alicyclic amines) is 1. The minimum absolute atomic E-state index is 0.501. The third-order valence-electron chi connectivity index (χ3n) is 3.61. The standard InChI is InChI=1S/C14H19N3S/c1-17-8-6-12(7-9-17)15-14-16-13-5-3-2-4-11(13)10-18-14/h2-5,12H,6-10H2,1H3,(H,15,16). The van der Waals surface area contributed by atoms with Gasteiger partial charge in [0, 0.05) is 11.4 Å². The second kappa shape index (κ2) is 5.33. The monoisotopic (exact) mass is 261 g/mol. The molecule has 0 unspecified atom stereocenters. The quantitative estimate of drug-likeness (QED) is 0.842. The van der Waals surface area contributed by atoms with Gasteiger partial charge in [-0.05, 0) is 44.6 Å². The molecule has 18 heavy (non-hydrogen) atoms. The van der Waals surface area contributed by atoms with Crippen LogP contribution in [0.15, 0.2) is 29.3 Å². The summed E-state index contributed by atoms with van der Waals surface area (Å²) in [7, 11) is 2.19. The minimum atomic E-state index is 0.501. The van der Waals surface area contributed by atoms with Gasteiger partial charge >= 0.3 is 0 Å². The van der Waals surface area contributed by atoms with Gasteiger partial charge in [0.15, 0.2) is 5.17 Å². The van der Waals surface area contributed by atoms with E-state index in [0.29, 0.717) is 6.04 Å². The van der Waals surface area contributed by atoms with Crippen molar-refractivity contribution >= 4 is 22.6 Å². The molecule has 4 heteroatoms. The molecule has 0 spiro atoms. The molecular weight excluding hydrogens is 242 g/mol. The van der Waals surface area contributed by atoms with Crippen molar-refractivity contribution < 1.29 is 0 Å². The highest BCUT2D eigenvalue weighted by Crippen LogP contribution is 2.28. The van der Waals surface area contributed by atoms with Crippen molar-refractivity contribution in [2.75, 3.05) is 25.5 Å². The molecule has 1 aromatic carbocycles. The number of amidine groups is 1. The van der Waals surface area contributed by atoms with Crippen molar-refractivity contribution in [2.45, 2.75) is 24.6 Å². The Labute approximate surface area is 113 Å². The highest BCUT2D eigenvalue weighted by molar-refractivity contribution is 8.13. The molecule has 0 saturated carbocycles. The number of anilines is 1. The molecule has 3 rings (SSSR count). The topological polar surface area (TPSA) is 27.6 Å². The lowest BCUT2D eigenvalue weighted by Crippen LogP contribution is -2.33. The summed E-state index contributed by atoms with van der Waals surface area (Å²) >= 11 is 1.83. The molecule has 0 aliphatic carbocycles. The van der Waals surface area contributed by atoms with Gasteiger partial charge in [-0.3, -0.25) is 4.99 Å². The molecule has 0 radical (unpaired) electrons. The van der Waals surface area contributed by atoms with Gasteiger partial charge in [0.05, 0.1) is 6.04 Å². The van der Waals surface area contributed by atoms with Gasteiger partial charge in [-0.1, -0.05) is 30.0 Å². The first-order valence-corrected chi connectivity index (χ1v) is 7.54. The third-order valence-corrected chi connectivity index (χ3v) is 4.55. The molecule has 0 bridgehead atoms. The van der Waals surface area contributed by atoms with Crippen LogP contribution in [0.1, 0.15) is 18.4 Å². The fraction of sp³-hybridized carbons (Fsp3) is 0.500. The Bertz CT molecular complexity index is 450. The van der Waals surface area contributed by atoms with Crippen molar-refractivity contribution in [1.82, 2.24) is 4.90 Å². The third kappa shape index (κ3) is 2.70. The summed E-state index contributed by atoms with van der Waals surface area (Å²) in [5.41, 5.74) is 2.60. The SMILES string of the molecule is CN1CCC(N=C2Nc3ccccc3CS2)CC1. The Morgan fingerprint density at radius 3 is 2.89 bits per heavy atom. The first-order valence-electron chi connectivity index (χ1n) is 6.55. The summed E-state index contributed by atoms with van der Waals surface area (Å²) in [4.78, 5) is 7.25. The van der Waals surface area contributed by atoms with E-state index in [1.807, 2.05) is 11.8 Å². The number of para-hydroxylation sites is 1. The first kappa shape index (κ1) is 12.1. The van der Waals surface area contributed by atoms with E-state index < -0.39 is 0 Å². The van der Waals surface area contributed by atoms with Gasteiger partial charge in [-0.2, -0.15) is 0 Å². The number of nitrogens with one attached hydrogen (secondary N) is 1. The second-order valence-corrected chi connectivity index (χ2v) is 6.00. The number of thioether (sulfide) groups is 1. The Kier molecular flexibility index (Phi) is 3.57. The van der Waals surface area contributed by atoms with Crippen molar-refractivity contribution in [3.8, 4) is 0 Å². The fourth-order valence-corrected chi connectivity index (χ4v) is 3.37. The average Bonchev–Trinajstić information content (AvgIpc) is 2.41. The van der Waals surface area contributed by atoms with E-state index >= 15 is 0 Å². The molecule has 96 valence electrons. The lowest BCUT2D eigenvalue weighted by molar-refractivity contribution is 0.257. The fourth-order valence-electron chi connectivity index (χ4n) is 2.42. The Hall–Kier alpha value is -1.00. The van der Waals surface area contributed by atoms with E-state index in [4.69, 9.17) is 4.99 Å². The van der Waals surface area contributed by atoms with Crippen LogP contribution in [0.25, 0.3) is 0 Å². The van der Waals surface area contributed by atoms with Crippen LogP contribution in [0.2, 0.25) is 0 Å². The number of aliphatic imine (C=N–C) groups is 1. The van der Waals surface area contributed by atoms with E-state index in [-0.39, 0.29) is 0 Å². The Balaban J connectivity index is 1.68. The van der Waals surface area contributed by atoms with Crippen molar-refractivity contribution in [2.24, 2.45) is 4.99 Å². The number of hydrogen-bond acceptors (Lipinski definition) is 3. The highest BCUT2D eigenvalue weighted by Gasteiger charge is 2.18. The van der Waals surface area contributed by atoms with Crippen LogP contribution in [0.5, 0.6) is 0 Å². The molecule has 1 aromatic rings. The molecule has 1 fully saturated rings. The average molecular weight is 261 g/mol. The van der Waals surface area contributed by atoms with E-state index in [0.717, 1.165) is 10.9 Å². The van der Waals surface area contributed by atoms with Gasteiger partial charge < -0.3 is 10.2 Å². The second-order valence-electron chi connectivity index (χ2n) is 5.04.